The fourth-order valence-electron chi connectivity index (χ4n) is 2.57. The Labute approximate surface area is 173 Å². The first-order valence-electron chi connectivity index (χ1n) is 8.47. The number of sulfone groups is 1. The minimum atomic E-state index is -4.88. The normalized spacial score (nSPS) is 13.4. The fourth-order valence-corrected chi connectivity index (χ4v) is 4.12. The Balaban J connectivity index is 2.20. The summed E-state index contributed by atoms with van der Waals surface area (Å²) in [4.78, 5) is 11.8. The number of nitriles is 1. The maximum atomic E-state index is 13.2. The number of carbonyl (C=O) groups excluding carboxylic acids is 1. The lowest BCUT2D eigenvalue weighted by molar-refractivity contribution is -0.138. The van der Waals surface area contributed by atoms with Crippen molar-refractivity contribution >= 4 is 21.4 Å². The summed E-state index contributed by atoms with van der Waals surface area (Å²) in [5.74, 6) is -3.23. The minimum Gasteiger partial charge on any atom is -0.325 e. The fraction of sp³-hybridized carbons (Fsp3) is 0.263. The molecule has 12 heteroatoms. The molecule has 0 spiro atoms. The molecule has 31 heavy (non-hydrogen) atoms. The predicted octanol–water partition coefficient (Wildman–Crippen LogP) is 4.64. The monoisotopic (exact) mass is 464 g/mol. The standard InChI is InChI=1S/C19H14F6N2O3S/c1-11(10-31(29,30)14-5-3-13(4-6-14)18(20,21)22)17(28)27-16-7-2-12(9-26)8-15(16)19(23,24)25/h2-8,11H,10H2,1H3,(H,27,28). The van der Waals surface area contributed by atoms with Crippen LogP contribution in [0, 0.1) is 17.2 Å². The van der Waals surface area contributed by atoms with E-state index in [0.29, 0.717) is 18.2 Å². The SMILES string of the molecule is CC(CS(=O)(=O)c1ccc(C(F)(F)F)cc1)C(=O)Nc1ccc(C#N)cc1C(F)(F)F. The summed E-state index contributed by atoms with van der Waals surface area (Å²) in [7, 11) is -4.20. The molecule has 0 bridgehead atoms. The van der Waals surface area contributed by atoms with E-state index in [-0.39, 0.29) is 5.56 Å². The molecule has 166 valence electrons. The lowest BCUT2D eigenvalue weighted by atomic mass is 10.1. The quantitative estimate of drug-likeness (QED) is 0.653. The molecule has 2 rings (SSSR count). The Bertz CT molecular complexity index is 1120. The van der Waals surface area contributed by atoms with Crippen molar-refractivity contribution in [3.05, 3.63) is 59.2 Å². The third-order valence-corrected chi connectivity index (χ3v) is 6.10. The number of alkyl halides is 6. The zero-order chi connectivity index (χ0) is 23.6. The summed E-state index contributed by atoms with van der Waals surface area (Å²) >= 11 is 0. The van der Waals surface area contributed by atoms with Gasteiger partial charge in [0.1, 0.15) is 0 Å². The van der Waals surface area contributed by atoms with Gasteiger partial charge in [0.2, 0.25) is 5.91 Å². The first-order valence-corrected chi connectivity index (χ1v) is 10.1. The number of nitrogens with zero attached hydrogens (tertiary/aromatic N) is 1. The first-order chi connectivity index (χ1) is 14.1. The van der Waals surface area contributed by atoms with E-state index < -0.39 is 61.5 Å². The molecule has 0 heterocycles. The first kappa shape index (κ1) is 24.2. The second kappa shape index (κ2) is 8.58. The van der Waals surface area contributed by atoms with E-state index in [4.69, 9.17) is 5.26 Å². The maximum Gasteiger partial charge on any atom is 0.418 e. The highest BCUT2D eigenvalue weighted by Gasteiger charge is 2.35. The van der Waals surface area contributed by atoms with E-state index in [0.717, 1.165) is 31.2 Å². The van der Waals surface area contributed by atoms with Crippen LogP contribution in [0.25, 0.3) is 0 Å². The number of benzene rings is 2. The van der Waals surface area contributed by atoms with Crippen LogP contribution in [0.4, 0.5) is 32.0 Å². The van der Waals surface area contributed by atoms with Crippen LogP contribution in [0.3, 0.4) is 0 Å². The Hall–Kier alpha value is -3.07. The summed E-state index contributed by atoms with van der Waals surface area (Å²) in [6.45, 7) is 1.15. The topological polar surface area (TPSA) is 87.0 Å². The third-order valence-electron chi connectivity index (χ3n) is 4.17. The van der Waals surface area contributed by atoms with Crippen molar-refractivity contribution < 1.29 is 39.6 Å². The van der Waals surface area contributed by atoms with Crippen molar-refractivity contribution in [1.82, 2.24) is 0 Å². The lowest BCUT2D eigenvalue weighted by Crippen LogP contribution is -2.28. The molecule has 2 aromatic carbocycles. The van der Waals surface area contributed by atoms with Crippen molar-refractivity contribution in [2.45, 2.75) is 24.2 Å². The molecule has 0 aromatic heterocycles. The van der Waals surface area contributed by atoms with Crippen molar-refractivity contribution in [2.75, 3.05) is 11.1 Å². The number of hydrogen-bond donors (Lipinski definition) is 1. The molecule has 1 atom stereocenters. The molecule has 0 aliphatic rings. The van der Waals surface area contributed by atoms with Crippen LogP contribution >= 0.6 is 0 Å². The van der Waals surface area contributed by atoms with Crippen molar-refractivity contribution in [3.8, 4) is 6.07 Å². The van der Waals surface area contributed by atoms with Gasteiger partial charge in [0, 0.05) is 5.92 Å². The molecular formula is C19H14F6N2O3S. The molecule has 5 nitrogen and oxygen atoms in total. The van der Waals surface area contributed by atoms with Crippen LogP contribution in [-0.4, -0.2) is 20.1 Å². The van der Waals surface area contributed by atoms with Gasteiger partial charge < -0.3 is 5.32 Å². The second-order valence-electron chi connectivity index (χ2n) is 6.56. The average Bonchev–Trinajstić information content (AvgIpc) is 2.66. The molecule has 2 aromatic rings. The highest BCUT2D eigenvalue weighted by atomic mass is 32.2. The minimum absolute atomic E-state index is 0.289. The predicted molar refractivity (Wildman–Crippen MR) is 97.4 cm³/mol. The van der Waals surface area contributed by atoms with Gasteiger partial charge in [-0.05, 0) is 42.5 Å². The van der Waals surface area contributed by atoms with Crippen LogP contribution in [0.1, 0.15) is 23.6 Å². The molecule has 0 saturated carbocycles. The Morgan fingerprint density at radius 2 is 1.61 bits per heavy atom. The molecule has 0 aliphatic carbocycles. The molecular weight excluding hydrogens is 450 g/mol. The van der Waals surface area contributed by atoms with E-state index in [1.807, 2.05) is 5.32 Å². The summed E-state index contributed by atoms with van der Waals surface area (Å²) in [5, 5.41) is 10.7. The summed E-state index contributed by atoms with van der Waals surface area (Å²) < 4.78 is 102. The Morgan fingerprint density at radius 1 is 1.03 bits per heavy atom. The smallest absolute Gasteiger partial charge is 0.325 e. The van der Waals surface area contributed by atoms with Gasteiger partial charge in [-0.2, -0.15) is 31.6 Å². The molecule has 0 saturated heterocycles. The number of anilines is 1. The van der Waals surface area contributed by atoms with Crippen molar-refractivity contribution in [1.29, 1.82) is 5.26 Å². The van der Waals surface area contributed by atoms with Gasteiger partial charge in [0.15, 0.2) is 9.84 Å². The highest BCUT2D eigenvalue weighted by Crippen LogP contribution is 2.36. The number of carbonyl (C=O) groups is 1. The highest BCUT2D eigenvalue weighted by molar-refractivity contribution is 7.91. The summed E-state index contributed by atoms with van der Waals surface area (Å²) in [5.41, 5.74) is -3.28. The van der Waals surface area contributed by atoms with E-state index >= 15 is 0 Å². The van der Waals surface area contributed by atoms with Crippen LogP contribution in [-0.2, 0) is 27.0 Å². The number of amides is 1. The molecule has 0 radical (unpaired) electrons. The lowest BCUT2D eigenvalue weighted by Gasteiger charge is -2.17. The van der Waals surface area contributed by atoms with E-state index in [9.17, 15) is 39.6 Å². The van der Waals surface area contributed by atoms with Crippen molar-refractivity contribution in [2.24, 2.45) is 5.92 Å². The van der Waals surface area contributed by atoms with Crippen LogP contribution in [0.5, 0.6) is 0 Å². The molecule has 0 fully saturated rings. The number of hydrogen-bond acceptors (Lipinski definition) is 4. The molecule has 1 N–H and O–H groups in total. The largest absolute Gasteiger partial charge is 0.418 e. The van der Waals surface area contributed by atoms with Crippen molar-refractivity contribution in [3.63, 3.8) is 0 Å². The van der Waals surface area contributed by atoms with Crippen LogP contribution in [0.15, 0.2) is 47.4 Å². The summed E-state index contributed by atoms with van der Waals surface area (Å²) in [6.07, 6.45) is -9.54. The zero-order valence-electron chi connectivity index (χ0n) is 15.7. The maximum absolute atomic E-state index is 13.2. The number of nitrogens with one attached hydrogen (secondary N) is 1. The van der Waals surface area contributed by atoms with Gasteiger partial charge in [-0.1, -0.05) is 6.92 Å². The van der Waals surface area contributed by atoms with Gasteiger partial charge in [0.05, 0.1) is 39.1 Å². The van der Waals surface area contributed by atoms with Gasteiger partial charge in [-0.15, -0.1) is 0 Å². The van der Waals surface area contributed by atoms with Gasteiger partial charge in [-0.25, -0.2) is 8.42 Å². The Morgan fingerprint density at radius 3 is 2.10 bits per heavy atom. The van der Waals surface area contributed by atoms with Gasteiger partial charge in [-0.3, -0.25) is 4.79 Å². The zero-order valence-corrected chi connectivity index (χ0v) is 16.5. The van der Waals surface area contributed by atoms with Crippen LogP contribution < -0.4 is 5.32 Å². The van der Waals surface area contributed by atoms with E-state index in [2.05, 4.69) is 0 Å². The molecule has 0 aliphatic heterocycles. The molecule has 1 unspecified atom stereocenters. The van der Waals surface area contributed by atoms with Gasteiger partial charge >= 0.3 is 12.4 Å². The van der Waals surface area contributed by atoms with Gasteiger partial charge in [0.25, 0.3) is 0 Å². The van der Waals surface area contributed by atoms with E-state index in [1.165, 1.54) is 0 Å². The third kappa shape index (κ3) is 5.97. The second-order valence-corrected chi connectivity index (χ2v) is 8.60. The van der Waals surface area contributed by atoms with E-state index in [1.54, 1.807) is 6.07 Å². The summed E-state index contributed by atoms with van der Waals surface area (Å²) in [6, 6.07) is 6.63. The molecule has 1 amide bonds. The Kier molecular flexibility index (Phi) is 6.70. The average molecular weight is 464 g/mol. The number of rotatable bonds is 5. The van der Waals surface area contributed by atoms with Crippen LogP contribution in [0.2, 0.25) is 0 Å². The number of halogens is 6.